The van der Waals surface area contributed by atoms with E-state index in [1.54, 1.807) is 6.92 Å². The molecular weight excluding hydrogens is 258 g/mol. The molecule has 4 heteroatoms. The van der Waals surface area contributed by atoms with Crippen molar-refractivity contribution in [2.24, 2.45) is 0 Å². The van der Waals surface area contributed by atoms with Crippen LogP contribution in [0.1, 0.15) is 84.5 Å². The van der Waals surface area contributed by atoms with Crippen LogP contribution in [0.4, 0.5) is 0 Å². The van der Waals surface area contributed by atoms with E-state index in [-0.39, 0.29) is 5.75 Å². The lowest BCUT2D eigenvalue weighted by Gasteiger charge is -2.00. The molecule has 0 fully saturated rings. The minimum absolute atomic E-state index is 0.222. The zero-order valence-corrected chi connectivity index (χ0v) is 13.5. The summed E-state index contributed by atoms with van der Waals surface area (Å²) in [5.41, 5.74) is 0. The molecule has 0 aromatic carbocycles. The quantitative estimate of drug-likeness (QED) is 0.408. The Bertz CT molecular complexity index is 227. The van der Waals surface area contributed by atoms with Crippen molar-refractivity contribution in [3.63, 3.8) is 0 Å². The highest BCUT2D eigenvalue weighted by molar-refractivity contribution is 7.79. The maximum Gasteiger partial charge on any atom is 0.0621 e. The van der Waals surface area contributed by atoms with Gasteiger partial charge < -0.3 is 4.55 Å². The lowest BCUT2D eigenvalue weighted by atomic mass is 10.1. The van der Waals surface area contributed by atoms with E-state index in [0.29, 0.717) is 0 Å². The van der Waals surface area contributed by atoms with Crippen molar-refractivity contribution >= 4 is 11.1 Å². The van der Waals surface area contributed by atoms with Gasteiger partial charge in [0.2, 0.25) is 0 Å². The molecule has 0 aliphatic heterocycles. The third-order valence-corrected chi connectivity index (χ3v) is 3.35. The number of nitrogens with zero attached hydrogens (tertiary/aromatic N) is 1. The summed E-state index contributed by atoms with van der Waals surface area (Å²) in [6, 6.07) is 2.19. The number of hydrogen-bond donors (Lipinski definition) is 0. The van der Waals surface area contributed by atoms with Crippen molar-refractivity contribution in [3.8, 4) is 6.07 Å². The molecule has 19 heavy (non-hydrogen) atoms. The number of unbranched alkanes of at least 4 members (excludes halogenated alkanes) is 10. The third kappa shape index (κ3) is 27.0. The van der Waals surface area contributed by atoms with Crippen molar-refractivity contribution in [3.05, 3.63) is 0 Å². The van der Waals surface area contributed by atoms with Gasteiger partial charge in [0.25, 0.3) is 0 Å². The average Bonchev–Trinajstić information content (AvgIpc) is 2.41. The second-order valence-electron chi connectivity index (χ2n) is 4.68. The molecule has 0 aliphatic rings. The number of nitriles is 1. The highest BCUT2D eigenvalue weighted by Crippen LogP contribution is 2.10. The molecule has 0 amide bonds. The topological polar surface area (TPSA) is 63.9 Å². The van der Waals surface area contributed by atoms with Gasteiger partial charge in [0, 0.05) is 12.2 Å². The van der Waals surface area contributed by atoms with Gasteiger partial charge in [-0.2, -0.15) is 5.26 Å². The fourth-order valence-corrected chi connectivity index (χ4v) is 1.69. The molecule has 114 valence electrons. The molecule has 0 N–H and O–H groups in total. The van der Waals surface area contributed by atoms with E-state index < -0.39 is 11.1 Å². The number of hydrogen-bond acceptors (Lipinski definition) is 3. The normalized spacial score (nSPS) is 11.3. The maximum absolute atomic E-state index is 9.37. The van der Waals surface area contributed by atoms with Crippen LogP contribution >= 0.6 is 0 Å². The Hall–Kier alpha value is -0.400. The summed E-state index contributed by atoms with van der Waals surface area (Å²) in [6.45, 7) is 3.85. The number of rotatable bonds is 11. The summed E-state index contributed by atoms with van der Waals surface area (Å²) in [5.74, 6) is 0.222. The first kappa shape index (κ1) is 20.9. The van der Waals surface area contributed by atoms with Crippen LogP contribution in [-0.4, -0.2) is 14.5 Å². The van der Waals surface area contributed by atoms with E-state index in [2.05, 4.69) is 13.0 Å². The molecule has 3 nitrogen and oxygen atoms in total. The smallest absolute Gasteiger partial charge is 0.0621 e. The lowest BCUT2D eigenvalue weighted by molar-refractivity contribution is 0.538. The highest BCUT2D eigenvalue weighted by atomic mass is 32.2. The summed E-state index contributed by atoms with van der Waals surface area (Å²) in [4.78, 5) is 0. The fourth-order valence-electron chi connectivity index (χ4n) is 1.69. The Labute approximate surface area is 122 Å². The lowest BCUT2D eigenvalue weighted by Crippen LogP contribution is -1.85. The SMILES string of the molecule is CCCCCCCCCCCCC#N.CCS(=O)[O-]. The van der Waals surface area contributed by atoms with Crippen molar-refractivity contribution < 1.29 is 8.76 Å². The predicted octanol–water partition coefficient (Wildman–Crippen LogP) is 4.71. The standard InChI is InChI=1S/C13H25N.C2H6O2S/c1-2-3-4-5-6-7-8-9-10-11-12-13-14;1-2-5(3)4/h2-12H2,1H3;2H2,1H3,(H,3,4)/p-1. The van der Waals surface area contributed by atoms with Gasteiger partial charge in [0.05, 0.1) is 6.07 Å². The zero-order chi connectivity index (χ0) is 14.8. The van der Waals surface area contributed by atoms with Crippen molar-refractivity contribution in [2.45, 2.75) is 84.5 Å². The van der Waals surface area contributed by atoms with Crippen LogP contribution in [0.15, 0.2) is 0 Å². The Morgan fingerprint density at radius 2 is 1.26 bits per heavy atom. The van der Waals surface area contributed by atoms with E-state index in [1.807, 2.05) is 0 Å². The summed E-state index contributed by atoms with van der Waals surface area (Å²) in [6.07, 6.45) is 14.2. The van der Waals surface area contributed by atoms with Crippen LogP contribution in [0, 0.1) is 11.3 Å². The molecular formula is C15H30NO2S-. The minimum Gasteiger partial charge on any atom is -0.772 e. The van der Waals surface area contributed by atoms with Gasteiger partial charge in [-0.25, -0.2) is 0 Å². The summed E-state index contributed by atoms with van der Waals surface area (Å²) in [5, 5.41) is 8.34. The molecule has 0 saturated carbocycles. The Morgan fingerprint density at radius 3 is 1.58 bits per heavy atom. The van der Waals surface area contributed by atoms with Crippen LogP contribution in [0.3, 0.4) is 0 Å². The van der Waals surface area contributed by atoms with Gasteiger partial charge >= 0.3 is 0 Å². The second kappa shape index (κ2) is 19.9. The Morgan fingerprint density at radius 1 is 0.895 bits per heavy atom. The molecule has 0 bridgehead atoms. The van der Waals surface area contributed by atoms with Crippen LogP contribution in [0.25, 0.3) is 0 Å². The first-order chi connectivity index (χ1) is 9.18. The van der Waals surface area contributed by atoms with E-state index in [1.165, 1.54) is 57.8 Å². The molecule has 0 aromatic heterocycles. The zero-order valence-electron chi connectivity index (χ0n) is 12.7. The largest absolute Gasteiger partial charge is 0.772 e. The molecule has 0 rings (SSSR count). The average molecular weight is 288 g/mol. The molecule has 0 aromatic rings. The first-order valence-electron chi connectivity index (χ1n) is 7.61. The monoisotopic (exact) mass is 288 g/mol. The molecule has 0 aliphatic carbocycles. The molecule has 0 heterocycles. The molecule has 1 unspecified atom stereocenters. The van der Waals surface area contributed by atoms with Gasteiger partial charge in [0.1, 0.15) is 0 Å². The molecule has 0 spiro atoms. The van der Waals surface area contributed by atoms with E-state index in [9.17, 15) is 8.76 Å². The van der Waals surface area contributed by atoms with Gasteiger partial charge in [-0.05, 0) is 6.42 Å². The first-order valence-corrected chi connectivity index (χ1v) is 8.86. The van der Waals surface area contributed by atoms with Crippen LogP contribution in [-0.2, 0) is 11.1 Å². The molecule has 1 atom stereocenters. The highest BCUT2D eigenvalue weighted by Gasteiger charge is 1.91. The van der Waals surface area contributed by atoms with Gasteiger partial charge in [-0.1, -0.05) is 82.7 Å². The predicted molar refractivity (Wildman–Crippen MR) is 81.5 cm³/mol. The second-order valence-corrected chi connectivity index (χ2v) is 5.87. The van der Waals surface area contributed by atoms with Crippen molar-refractivity contribution in [1.82, 2.24) is 0 Å². The van der Waals surface area contributed by atoms with Gasteiger partial charge in [-0.3, -0.25) is 4.21 Å². The summed E-state index contributed by atoms with van der Waals surface area (Å²) < 4.78 is 18.7. The van der Waals surface area contributed by atoms with Crippen molar-refractivity contribution in [2.75, 3.05) is 5.75 Å². The third-order valence-electron chi connectivity index (χ3n) is 2.88. The van der Waals surface area contributed by atoms with Crippen LogP contribution in [0.5, 0.6) is 0 Å². The van der Waals surface area contributed by atoms with Crippen molar-refractivity contribution in [1.29, 1.82) is 5.26 Å². The molecule has 0 saturated heterocycles. The van der Waals surface area contributed by atoms with E-state index in [0.717, 1.165) is 12.8 Å². The minimum atomic E-state index is -1.82. The Kier molecular flexibility index (Phi) is 21.9. The van der Waals surface area contributed by atoms with E-state index in [4.69, 9.17) is 5.26 Å². The maximum atomic E-state index is 9.37. The Balaban J connectivity index is 0. The van der Waals surface area contributed by atoms with Crippen LogP contribution in [0.2, 0.25) is 0 Å². The summed E-state index contributed by atoms with van der Waals surface area (Å²) >= 11 is -1.82. The molecule has 0 radical (unpaired) electrons. The summed E-state index contributed by atoms with van der Waals surface area (Å²) in [7, 11) is 0. The van der Waals surface area contributed by atoms with Gasteiger partial charge in [-0.15, -0.1) is 0 Å². The van der Waals surface area contributed by atoms with Crippen LogP contribution < -0.4 is 0 Å². The van der Waals surface area contributed by atoms with Gasteiger partial charge in [0.15, 0.2) is 0 Å². The fraction of sp³-hybridized carbons (Fsp3) is 0.933. The van der Waals surface area contributed by atoms with E-state index >= 15 is 0 Å².